The number of hydrogen-bond acceptors (Lipinski definition) is 3. The van der Waals surface area contributed by atoms with Gasteiger partial charge in [-0.15, -0.1) is 11.6 Å². The predicted octanol–water partition coefficient (Wildman–Crippen LogP) is 2.78. The summed E-state index contributed by atoms with van der Waals surface area (Å²) in [5.41, 5.74) is 1.03. The normalized spacial score (nSPS) is 10.3. The first-order valence-corrected chi connectivity index (χ1v) is 5.10. The van der Waals surface area contributed by atoms with Crippen LogP contribution in [-0.4, -0.2) is 16.2 Å². The van der Waals surface area contributed by atoms with E-state index in [1.165, 1.54) is 0 Å². The third kappa shape index (κ3) is 1.79. The van der Waals surface area contributed by atoms with Gasteiger partial charge in [-0.3, -0.25) is 0 Å². The number of nitrogens with zero attached hydrogens (tertiary/aromatic N) is 1. The predicted molar refractivity (Wildman–Crippen MR) is 58.5 cm³/mol. The van der Waals surface area contributed by atoms with Crippen LogP contribution in [0.15, 0.2) is 34.9 Å². The molecule has 0 bridgehead atoms. The quantitative estimate of drug-likeness (QED) is 0.834. The third-order valence-corrected chi connectivity index (χ3v) is 2.39. The second-order valence-electron chi connectivity index (χ2n) is 3.13. The molecule has 0 spiro atoms. The zero-order valence-electron chi connectivity index (χ0n) is 8.18. The number of aromatic nitrogens is 1. The van der Waals surface area contributed by atoms with Crippen molar-refractivity contribution in [3.05, 3.63) is 41.7 Å². The van der Waals surface area contributed by atoms with Gasteiger partial charge in [-0.2, -0.15) is 0 Å². The molecule has 0 atom stereocenters. The lowest BCUT2D eigenvalue weighted by atomic mass is 10.1. The van der Waals surface area contributed by atoms with E-state index in [1.54, 1.807) is 24.3 Å². The van der Waals surface area contributed by atoms with Crippen LogP contribution < -0.4 is 0 Å². The summed E-state index contributed by atoms with van der Waals surface area (Å²) >= 11 is 5.58. The van der Waals surface area contributed by atoms with Crippen LogP contribution in [-0.2, 0) is 5.88 Å². The minimum atomic E-state index is -1.09. The first-order valence-electron chi connectivity index (χ1n) is 4.57. The Bertz CT molecular complexity index is 507. The van der Waals surface area contributed by atoms with Crippen LogP contribution in [0.1, 0.15) is 16.1 Å². The van der Waals surface area contributed by atoms with E-state index in [0.29, 0.717) is 11.3 Å². The number of hydrogen-bond donors (Lipinski definition) is 1. The molecule has 4 nitrogen and oxygen atoms in total. The van der Waals surface area contributed by atoms with Gasteiger partial charge in [0, 0.05) is 5.56 Å². The topological polar surface area (TPSA) is 63.3 Å². The van der Waals surface area contributed by atoms with Crippen LogP contribution in [0.5, 0.6) is 0 Å². The van der Waals surface area contributed by atoms with Crippen molar-refractivity contribution < 1.29 is 14.4 Å². The molecule has 0 saturated heterocycles. The molecule has 16 heavy (non-hydrogen) atoms. The maximum absolute atomic E-state index is 11.1. The number of carboxylic acid groups (broad SMARTS) is 1. The van der Waals surface area contributed by atoms with Crippen LogP contribution in [0.25, 0.3) is 11.3 Å². The van der Waals surface area contributed by atoms with Gasteiger partial charge in [0.2, 0.25) is 0 Å². The largest absolute Gasteiger partial charge is 0.477 e. The summed E-state index contributed by atoms with van der Waals surface area (Å²) in [5, 5.41) is 12.8. The molecule has 1 aromatic carbocycles. The van der Waals surface area contributed by atoms with Crippen molar-refractivity contribution in [3.63, 3.8) is 0 Å². The second kappa shape index (κ2) is 4.37. The van der Waals surface area contributed by atoms with Crippen molar-refractivity contribution >= 4 is 17.6 Å². The third-order valence-electron chi connectivity index (χ3n) is 2.15. The van der Waals surface area contributed by atoms with E-state index in [4.69, 9.17) is 21.2 Å². The molecule has 82 valence electrons. The molecule has 1 aromatic heterocycles. The van der Waals surface area contributed by atoms with E-state index in [0.717, 1.165) is 0 Å². The standard InChI is InChI=1S/C11H8ClNO3/c12-6-8-9(11(14)15)10(13-16-8)7-4-2-1-3-5-7/h1-5H,6H2,(H,14,15). The van der Waals surface area contributed by atoms with E-state index in [2.05, 4.69) is 5.16 Å². The summed E-state index contributed by atoms with van der Waals surface area (Å²) in [6.45, 7) is 0. The molecule has 0 saturated carbocycles. The minimum Gasteiger partial charge on any atom is -0.477 e. The van der Waals surface area contributed by atoms with Gasteiger partial charge in [0.1, 0.15) is 11.3 Å². The molecule has 1 heterocycles. The minimum absolute atomic E-state index is 0.0124. The van der Waals surface area contributed by atoms with E-state index < -0.39 is 5.97 Å². The maximum Gasteiger partial charge on any atom is 0.341 e. The average molecular weight is 238 g/mol. The lowest BCUT2D eigenvalue weighted by molar-refractivity contribution is 0.0695. The lowest BCUT2D eigenvalue weighted by Crippen LogP contribution is -2.00. The van der Waals surface area contributed by atoms with Crippen molar-refractivity contribution in [2.45, 2.75) is 5.88 Å². The van der Waals surface area contributed by atoms with Crippen LogP contribution in [0.3, 0.4) is 0 Å². The highest BCUT2D eigenvalue weighted by Crippen LogP contribution is 2.26. The van der Waals surface area contributed by atoms with Crippen molar-refractivity contribution in [2.24, 2.45) is 0 Å². The fourth-order valence-electron chi connectivity index (χ4n) is 1.43. The van der Waals surface area contributed by atoms with Gasteiger partial charge in [-0.25, -0.2) is 4.79 Å². The van der Waals surface area contributed by atoms with Gasteiger partial charge in [-0.05, 0) is 0 Å². The zero-order valence-corrected chi connectivity index (χ0v) is 8.94. The lowest BCUT2D eigenvalue weighted by Gasteiger charge is -1.97. The summed E-state index contributed by atoms with van der Waals surface area (Å²) < 4.78 is 4.90. The van der Waals surface area contributed by atoms with E-state index >= 15 is 0 Å². The first kappa shape index (κ1) is 10.7. The average Bonchev–Trinajstić information content (AvgIpc) is 2.73. The molecule has 0 amide bonds. The highest BCUT2D eigenvalue weighted by molar-refractivity contribution is 6.17. The van der Waals surface area contributed by atoms with E-state index in [9.17, 15) is 4.79 Å². The Morgan fingerprint density at radius 2 is 2.06 bits per heavy atom. The Balaban J connectivity index is 2.58. The highest BCUT2D eigenvalue weighted by atomic mass is 35.5. The number of aromatic carboxylic acids is 1. The van der Waals surface area contributed by atoms with Gasteiger partial charge >= 0.3 is 5.97 Å². The fraction of sp³-hybridized carbons (Fsp3) is 0.0909. The van der Waals surface area contributed by atoms with Crippen molar-refractivity contribution in [1.82, 2.24) is 5.16 Å². The van der Waals surface area contributed by atoms with Gasteiger partial charge in [0.05, 0.1) is 5.88 Å². The van der Waals surface area contributed by atoms with Gasteiger partial charge in [0.15, 0.2) is 5.76 Å². The zero-order chi connectivity index (χ0) is 11.5. The van der Waals surface area contributed by atoms with Crippen molar-refractivity contribution in [1.29, 1.82) is 0 Å². The molecular weight excluding hydrogens is 230 g/mol. The Morgan fingerprint density at radius 3 is 2.62 bits per heavy atom. The molecule has 1 N–H and O–H groups in total. The summed E-state index contributed by atoms with van der Waals surface area (Å²) in [4.78, 5) is 11.1. The molecule has 2 rings (SSSR count). The maximum atomic E-state index is 11.1. The number of carbonyl (C=O) groups is 1. The van der Waals surface area contributed by atoms with Crippen LogP contribution >= 0.6 is 11.6 Å². The van der Waals surface area contributed by atoms with Crippen LogP contribution in [0, 0.1) is 0 Å². The van der Waals surface area contributed by atoms with Gasteiger partial charge < -0.3 is 9.63 Å². The molecule has 0 aliphatic rings. The Labute approximate surface area is 96.4 Å². The Hall–Kier alpha value is -1.81. The summed E-state index contributed by atoms with van der Waals surface area (Å²) in [7, 11) is 0. The molecule has 0 unspecified atom stereocenters. The Morgan fingerprint density at radius 1 is 1.38 bits per heavy atom. The molecule has 0 aliphatic carbocycles. The molecular formula is C11H8ClNO3. The molecule has 5 heteroatoms. The first-order chi connectivity index (χ1) is 7.74. The number of benzene rings is 1. The Kier molecular flexibility index (Phi) is 2.92. The summed E-state index contributed by atoms with van der Waals surface area (Å²) in [6, 6.07) is 8.98. The smallest absolute Gasteiger partial charge is 0.341 e. The SMILES string of the molecule is O=C(O)c1c(-c2ccccc2)noc1CCl. The number of rotatable bonds is 3. The molecule has 2 aromatic rings. The molecule has 0 radical (unpaired) electrons. The van der Waals surface area contributed by atoms with Crippen LogP contribution in [0.2, 0.25) is 0 Å². The number of halogens is 1. The van der Waals surface area contributed by atoms with Gasteiger partial charge in [0.25, 0.3) is 0 Å². The van der Waals surface area contributed by atoms with Gasteiger partial charge in [-0.1, -0.05) is 35.5 Å². The summed E-state index contributed by atoms with van der Waals surface area (Å²) in [6.07, 6.45) is 0. The molecule has 0 aliphatic heterocycles. The highest BCUT2D eigenvalue weighted by Gasteiger charge is 2.22. The van der Waals surface area contributed by atoms with Crippen LogP contribution in [0.4, 0.5) is 0 Å². The molecule has 0 fully saturated rings. The second-order valence-corrected chi connectivity index (χ2v) is 3.40. The fourth-order valence-corrected chi connectivity index (χ4v) is 1.61. The number of carboxylic acids is 1. The van der Waals surface area contributed by atoms with Crippen molar-refractivity contribution in [2.75, 3.05) is 0 Å². The monoisotopic (exact) mass is 237 g/mol. The summed E-state index contributed by atoms with van der Waals surface area (Å²) in [5.74, 6) is -0.926. The number of alkyl halides is 1. The van der Waals surface area contributed by atoms with E-state index in [1.807, 2.05) is 6.07 Å². The van der Waals surface area contributed by atoms with E-state index in [-0.39, 0.29) is 17.2 Å². The van der Waals surface area contributed by atoms with Crippen molar-refractivity contribution in [3.8, 4) is 11.3 Å².